The lowest BCUT2D eigenvalue weighted by Gasteiger charge is -2.15. The first kappa shape index (κ1) is 9.63. The quantitative estimate of drug-likeness (QED) is 0.524. The van der Waals surface area contributed by atoms with E-state index in [-0.39, 0.29) is 0 Å². The van der Waals surface area contributed by atoms with E-state index in [9.17, 15) is 5.11 Å². The highest BCUT2D eigenvalue weighted by Crippen LogP contribution is 2.13. The Kier molecular flexibility index (Phi) is 2.60. The third-order valence-corrected chi connectivity index (χ3v) is 1.84. The smallest absolute Gasteiger partial charge is 0.126 e. The Labute approximate surface area is 78.4 Å². The molecular formula is C11H13NO. The van der Waals surface area contributed by atoms with Gasteiger partial charge in [0.1, 0.15) is 5.60 Å². The van der Waals surface area contributed by atoms with Crippen LogP contribution in [0.4, 0.5) is 5.69 Å². The lowest BCUT2D eigenvalue weighted by atomic mass is 9.97. The minimum absolute atomic E-state index is 0.448. The topological polar surface area (TPSA) is 46.2 Å². The molecule has 2 heteroatoms. The number of benzene rings is 1. The average Bonchev–Trinajstić information content (AvgIpc) is 2.09. The average molecular weight is 175 g/mol. The van der Waals surface area contributed by atoms with Gasteiger partial charge >= 0.3 is 0 Å². The summed E-state index contributed by atoms with van der Waals surface area (Å²) in [5.74, 6) is 2.33. The van der Waals surface area contributed by atoms with Crippen LogP contribution in [-0.4, -0.2) is 10.7 Å². The second-order valence-corrected chi connectivity index (χ2v) is 3.34. The van der Waals surface area contributed by atoms with Crippen LogP contribution in [0.15, 0.2) is 24.3 Å². The molecular weight excluding hydrogens is 162 g/mol. The Balaban J connectivity index is 2.77. The minimum Gasteiger partial charge on any atom is -0.399 e. The number of terminal acetylenes is 1. The molecule has 0 fully saturated rings. The molecule has 3 N–H and O–H groups in total. The van der Waals surface area contributed by atoms with Gasteiger partial charge in [0.05, 0.1) is 0 Å². The van der Waals surface area contributed by atoms with Crippen LogP contribution in [-0.2, 0) is 6.42 Å². The molecule has 0 aromatic heterocycles. The van der Waals surface area contributed by atoms with Crippen molar-refractivity contribution in [1.29, 1.82) is 0 Å². The van der Waals surface area contributed by atoms with Gasteiger partial charge in [-0.25, -0.2) is 0 Å². The van der Waals surface area contributed by atoms with Gasteiger partial charge in [0, 0.05) is 12.1 Å². The van der Waals surface area contributed by atoms with Crippen LogP contribution >= 0.6 is 0 Å². The molecule has 1 atom stereocenters. The summed E-state index contributed by atoms with van der Waals surface area (Å²) < 4.78 is 0. The zero-order valence-corrected chi connectivity index (χ0v) is 7.62. The van der Waals surface area contributed by atoms with Crippen LogP contribution in [0.2, 0.25) is 0 Å². The Morgan fingerprint density at radius 2 is 2.00 bits per heavy atom. The van der Waals surface area contributed by atoms with E-state index >= 15 is 0 Å². The minimum atomic E-state index is -1.07. The van der Waals surface area contributed by atoms with E-state index in [1.54, 1.807) is 19.1 Å². The fourth-order valence-electron chi connectivity index (χ4n) is 1.08. The van der Waals surface area contributed by atoms with Crippen LogP contribution in [0.3, 0.4) is 0 Å². The van der Waals surface area contributed by atoms with E-state index in [1.807, 2.05) is 12.1 Å². The van der Waals surface area contributed by atoms with Crippen LogP contribution in [0.25, 0.3) is 0 Å². The molecule has 1 aromatic carbocycles. The zero-order valence-electron chi connectivity index (χ0n) is 7.62. The summed E-state index contributed by atoms with van der Waals surface area (Å²) in [6, 6.07) is 7.31. The number of nitrogen functional groups attached to an aromatic ring is 1. The van der Waals surface area contributed by atoms with Crippen LogP contribution < -0.4 is 5.73 Å². The normalized spacial score (nSPS) is 14.5. The fraction of sp³-hybridized carbons (Fsp3) is 0.273. The van der Waals surface area contributed by atoms with Crippen LogP contribution in [0, 0.1) is 12.3 Å². The highest BCUT2D eigenvalue weighted by atomic mass is 16.3. The molecule has 0 aliphatic heterocycles. The lowest BCUT2D eigenvalue weighted by Crippen LogP contribution is -2.24. The molecule has 0 spiro atoms. The molecule has 13 heavy (non-hydrogen) atoms. The molecule has 1 rings (SSSR count). The van der Waals surface area contributed by atoms with Crippen molar-refractivity contribution < 1.29 is 5.11 Å². The highest BCUT2D eigenvalue weighted by Gasteiger charge is 2.16. The molecule has 0 heterocycles. The summed E-state index contributed by atoms with van der Waals surface area (Å²) >= 11 is 0. The number of rotatable bonds is 2. The number of nitrogens with two attached hydrogens (primary N) is 1. The molecule has 1 aromatic rings. The summed E-state index contributed by atoms with van der Waals surface area (Å²) in [6.45, 7) is 1.61. The molecule has 1 unspecified atom stereocenters. The van der Waals surface area contributed by atoms with Crippen molar-refractivity contribution in [3.8, 4) is 12.3 Å². The first-order valence-corrected chi connectivity index (χ1v) is 4.08. The maximum atomic E-state index is 9.58. The van der Waals surface area contributed by atoms with Gasteiger partial charge in [-0.2, -0.15) is 0 Å². The molecule has 2 nitrogen and oxygen atoms in total. The SMILES string of the molecule is C#CC(C)(O)Cc1ccc(N)cc1. The van der Waals surface area contributed by atoms with Crippen LogP contribution in [0.1, 0.15) is 12.5 Å². The van der Waals surface area contributed by atoms with E-state index in [0.717, 1.165) is 5.56 Å². The number of aliphatic hydroxyl groups is 1. The van der Waals surface area contributed by atoms with Crippen molar-refractivity contribution in [3.05, 3.63) is 29.8 Å². The molecule has 0 aliphatic carbocycles. The Morgan fingerprint density at radius 3 is 2.46 bits per heavy atom. The summed E-state index contributed by atoms with van der Waals surface area (Å²) in [6.07, 6.45) is 5.61. The van der Waals surface area contributed by atoms with Crippen molar-refractivity contribution in [2.24, 2.45) is 0 Å². The van der Waals surface area contributed by atoms with Gasteiger partial charge in [0.15, 0.2) is 0 Å². The predicted molar refractivity (Wildman–Crippen MR) is 54.0 cm³/mol. The van der Waals surface area contributed by atoms with Gasteiger partial charge in [-0.3, -0.25) is 0 Å². The van der Waals surface area contributed by atoms with E-state index in [4.69, 9.17) is 12.2 Å². The van der Waals surface area contributed by atoms with Crippen LogP contribution in [0.5, 0.6) is 0 Å². The van der Waals surface area contributed by atoms with Crippen molar-refractivity contribution in [2.45, 2.75) is 18.9 Å². The van der Waals surface area contributed by atoms with E-state index in [2.05, 4.69) is 5.92 Å². The lowest BCUT2D eigenvalue weighted by molar-refractivity contribution is 0.123. The standard InChI is InChI=1S/C11H13NO/c1-3-11(2,13)8-9-4-6-10(12)7-5-9/h1,4-7,13H,8,12H2,2H3. The number of hydrogen-bond donors (Lipinski definition) is 2. The Morgan fingerprint density at radius 1 is 1.46 bits per heavy atom. The van der Waals surface area contributed by atoms with Gasteiger partial charge in [0.25, 0.3) is 0 Å². The largest absolute Gasteiger partial charge is 0.399 e. The summed E-state index contributed by atoms with van der Waals surface area (Å²) in [4.78, 5) is 0. The second kappa shape index (κ2) is 3.51. The summed E-state index contributed by atoms with van der Waals surface area (Å²) in [7, 11) is 0. The maximum Gasteiger partial charge on any atom is 0.126 e. The Hall–Kier alpha value is -1.46. The first-order chi connectivity index (χ1) is 6.03. The van der Waals surface area contributed by atoms with E-state index < -0.39 is 5.60 Å². The third-order valence-electron chi connectivity index (χ3n) is 1.84. The van der Waals surface area contributed by atoms with Gasteiger partial charge in [-0.05, 0) is 24.6 Å². The van der Waals surface area contributed by atoms with Gasteiger partial charge < -0.3 is 10.8 Å². The summed E-state index contributed by atoms with van der Waals surface area (Å²) in [5, 5.41) is 9.58. The molecule has 0 saturated carbocycles. The third kappa shape index (κ3) is 2.81. The second-order valence-electron chi connectivity index (χ2n) is 3.34. The maximum absolute atomic E-state index is 9.58. The first-order valence-electron chi connectivity index (χ1n) is 4.08. The molecule has 0 saturated heterocycles. The Bertz CT molecular complexity index is 319. The summed E-state index contributed by atoms with van der Waals surface area (Å²) in [5.41, 5.74) is 6.14. The van der Waals surface area contributed by atoms with Crippen molar-refractivity contribution in [2.75, 3.05) is 5.73 Å². The van der Waals surface area contributed by atoms with Gasteiger partial charge in [-0.1, -0.05) is 18.1 Å². The van der Waals surface area contributed by atoms with Gasteiger partial charge in [0.2, 0.25) is 0 Å². The van der Waals surface area contributed by atoms with Crippen molar-refractivity contribution in [1.82, 2.24) is 0 Å². The monoisotopic (exact) mass is 175 g/mol. The fourth-order valence-corrected chi connectivity index (χ4v) is 1.08. The number of anilines is 1. The molecule has 0 bridgehead atoms. The zero-order chi connectivity index (χ0) is 9.90. The van der Waals surface area contributed by atoms with Crippen molar-refractivity contribution >= 4 is 5.69 Å². The predicted octanol–water partition coefficient (Wildman–Crippen LogP) is 1.20. The molecule has 68 valence electrons. The molecule has 0 radical (unpaired) electrons. The van der Waals surface area contributed by atoms with E-state index in [0.29, 0.717) is 12.1 Å². The van der Waals surface area contributed by atoms with Crippen molar-refractivity contribution in [3.63, 3.8) is 0 Å². The molecule has 0 amide bonds. The van der Waals surface area contributed by atoms with Gasteiger partial charge in [-0.15, -0.1) is 6.42 Å². The van der Waals surface area contributed by atoms with E-state index in [1.165, 1.54) is 0 Å². The highest BCUT2D eigenvalue weighted by molar-refractivity contribution is 5.39. The molecule has 0 aliphatic rings. The number of hydrogen-bond acceptors (Lipinski definition) is 2.